The molecule has 0 bridgehead atoms. The SMILES string of the molecule is CCn1cc(C(=O)N(C)C)c(=O)c2cc(F)c(N3CCNCC3)cc21. The van der Waals surface area contributed by atoms with Crippen molar-refractivity contribution in [2.75, 3.05) is 45.2 Å². The highest BCUT2D eigenvalue weighted by atomic mass is 19.1. The molecule has 6 nitrogen and oxygen atoms in total. The molecule has 1 saturated heterocycles. The standard InChI is InChI=1S/C18H23FN4O2/c1-4-22-11-13(18(25)21(2)3)17(24)12-9-14(19)16(10-15(12)22)23-7-5-20-6-8-23/h9-11,20H,4-8H2,1-3H3. The maximum Gasteiger partial charge on any atom is 0.258 e. The van der Waals surface area contributed by atoms with Gasteiger partial charge in [-0.2, -0.15) is 0 Å². The van der Waals surface area contributed by atoms with E-state index in [4.69, 9.17) is 0 Å². The van der Waals surface area contributed by atoms with E-state index in [1.807, 2.05) is 16.4 Å². The maximum atomic E-state index is 14.7. The molecule has 25 heavy (non-hydrogen) atoms. The molecule has 134 valence electrons. The molecular formula is C18H23FN4O2. The number of nitrogens with one attached hydrogen (secondary N) is 1. The van der Waals surface area contributed by atoms with Gasteiger partial charge in [-0.3, -0.25) is 9.59 Å². The van der Waals surface area contributed by atoms with E-state index in [9.17, 15) is 14.0 Å². The average molecular weight is 346 g/mol. The fourth-order valence-corrected chi connectivity index (χ4v) is 3.20. The predicted octanol–water partition coefficient (Wildman–Crippen LogP) is 1.27. The van der Waals surface area contributed by atoms with Crippen LogP contribution in [0.25, 0.3) is 10.9 Å². The molecule has 2 heterocycles. The lowest BCUT2D eigenvalue weighted by Crippen LogP contribution is -2.44. The molecule has 0 atom stereocenters. The molecule has 1 aromatic heterocycles. The number of rotatable bonds is 3. The summed E-state index contributed by atoms with van der Waals surface area (Å²) in [6.07, 6.45) is 1.58. The molecule has 0 radical (unpaired) electrons. The molecule has 3 rings (SSSR count). The summed E-state index contributed by atoms with van der Waals surface area (Å²) in [7, 11) is 3.19. The van der Waals surface area contributed by atoms with Gasteiger partial charge in [-0.05, 0) is 19.1 Å². The van der Waals surface area contributed by atoms with E-state index >= 15 is 0 Å². The van der Waals surface area contributed by atoms with Crippen molar-refractivity contribution >= 4 is 22.5 Å². The number of fused-ring (bicyclic) bond motifs is 1. The number of anilines is 1. The van der Waals surface area contributed by atoms with Crippen molar-refractivity contribution in [2.45, 2.75) is 13.5 Å². The molecule has 7 heteroatoms. The minimum Gasteiger partial charge on any atom is -0.367 e. The highest BCUT2D eigenvalue weighted by Gasteiger charge is 2.21. The van der Waals surface area contributed by atoms with E-state index in [0.29, 0.717) is 17.7 Å². The van der Waals surface area contributed by atoms with Crippen molar-refractivity contribution < 1.29 is 9.18 Å². The molecule has 1 amide bonds. The summed E-state index contributed by atoms with van der Waals surface area (Å²) in [5.74, 6) is -0.802. The number of pyridine rings is 1. The number of aromatic nitrogens is 1. The van der Waals surface area contributed by atoms with Crippen LogP contribution in [0.2, 0.25) is 0 Å². The molecule has 1 aromatic carbocycles. The van der Waals surface area contributed by atoms with Crippen molar-refractivity contribution in [1.29, 1.82) is 0 Å². The summed E-state index contributed by atoms with van der Waals surface area (Å²) < 4.78 is 16.5. The fourth-order valence-electron chi connectivity index (χ4n) is 3.20. The summed E-state index contributed by atoms with van der Waals surface area (Å²) in [6, 6.07) is 3.00. The number of hydrogen-bond acceptors (Lipinski definition) is 4. The molecule has 2 aromatic rings. The van der Waals surface area contributed by atoms with Crippen LogP contribution in [0.3, 0.4) is 0 Å². The van der Waals surface area contributed by atoms with E-state index in [1.54, 1.807) is 26.4 Å². The lowest BCUT2D eigenvalue weighted by atomic mass is 10.1. The Balaban J connectivity index is 2.22. The Morgan fingerprint density at radius 2 is 1.96 bits per heavy atom. The zero-order chi connectivity index (χ0) is 18.1. The number of benzene rings is 1. The highest BCUT2D eigenvalue weighted by molar-refractivity contribution is 5.97. The Hall–Kier alpha value is -2.41. The van der Waals surface area contributed by atoms with Crippen molar-refractivity contribution in [1.82, 2.24) is 14.8 Å². The zero-order valence-electron chi connectivity index (χ0n) is 14.8. The molecule has 1 aliphatic rings. The van der Waals surface area contributed by atoms with Gasteiger partial charge in [0.2, 0.25) is 5.43 Å². The second kappa shape index (κ2) is 6.84. The Morgan fingerprint density at radius 3 is 2.56 bits per heavy atom. The second-order valence-electron chi connectivity index (χ2n) is 6.42. The molecule has 0 aliphatic carbocycles. The third kappa shape index (κ3) is 3.11. The first-order valence-corrected chi connectivity index (χ1v) is 8.48. The molecular weight excluding hydrogens is 323 g/mol. The van der Waals surface area contributed by atoms with Gasteiger partial charge in [0.25, 0.3) is 5.91 Å². The van der Waals surface area contributed by atoms with Crippen LogP contribution in [0, 0.1) is 5.82 Å². The van der Waals surface area contributed by atoms with Crippen LogP contribution in [0.1, 0.15) is 17.3 Å². The average Bonchev–Trinajstić information content (AvgIpc) is 2.62. The first kappa shape index (κ1) is 17.4. The number of halogens is 1. The van der Waals surface area contributed by atoms with Gasteiger partial charge in [-0.1, -0.05) is 0 Å². The van der Waals surface area contributed by atoms with Crippen LogP contribution in [0.15, 0.2) is 23.1 Å². The number of amides is 1. The second-order valence-corrected chi connectivity index (χ2v) is 6.42. The quantitative estimate of drug-likeness (QED) is 0.909. The first-order valence-electron chi connectivity index (χ1n) is 8.48. The van der Waals surface area contributed by atoms with Gasteiger partial charge in [0.05, 0.1) is 11.2 Å². The minimum atomic E-state index is -0.427. The van der Waals surface area contributed by atoms with Crippen LogP contribution in [0.4, 0.5) is 10.1 Å². The Labute approximate surface area is 145 Å². The van der Waals surface area contributed by atoms with Gasteiger partial charge < -0.3 is 19.7 Å². The lowest BCUT2D eigenvalue weighted by molar-refractivity contribution is 0.0826. The topological polar surface area (TPSA) is 57.6 Å². The highest BCUT2D eigenvalue weighted by Crippen LogP contribution is 2.25. The molecule has 0 unspecified atom stereocenters. The van der Waals surface area contributed by atoms with E-state index in [1.165, 1.54) is 11.0 Å². The number of carbonyl (C=O) groups excluding carboxylic acids is 1. The normalized spacial score (nSPS) is 14.8. The summed E-state index contributed by atoms with van der Waals surface area (Å²) in [6.45, 7) is 5.55. The van der Waals surface area contributed by atoms with E-state index in [2.05, 4.69) is 5.32 Å². The number of aryl methyl sites for hydroxylation is 1. The number of piperazine rings is 1. The van der Waals surface area contributed by atoms with E-state index in [-0.39, 0.29) is 16.9 Å². The predicted molar refractivity (Wildman–Crippen MR) is 96.9 cm³/mol. The van der Waals surface area contributed by atoms with Crippen molar-refractivity contribution in [3.05, 3.63) is 39.9 Å². The minimum absolute atomic E-state index is 0.0636. The summed E-state index contributed by atoms with van der Waals surface area (Å²) in [4.78, 5) is 28.3. The monoisotopic (exact) mass is 346 g/mol. The zero-order valence-corrected chi connectivity index (χ0v) is 14.8. The van der Waals surface area contributed by atoms with Crippen LogP contribution < -0.4 is 15.6 Å². The molecule has 0 spiro atoms. The van der Waals surface area contributed by atoms with Gasteiger partial charge >= 0.3 is 0 Å². The van der Waals surface area contributed by atoms with Crippen LogP contribution in [-0.4, -0.2) is 55.6 Å². The first-order chi connectivity index (χ1) is 11.9. The largest absolute Gasteiger partial charge is 0.367 e. The molecule has 0 saturated carbocycles. The third-order valence-corrected chi connectivity index (χ3v) is 4.58. The third-order valence-electron chi connectivity index (χ3n) is 4.58. The Bertz CT molecular complexity index is 869. The Kier molecular flexibility index (Phi) is 4.76. The molecule has 1 aliphatic heterocycles. The van der Waals surface area contributed by atoms with Crippen LogP contribution >= 0.6 is 0 Å². The lowest BCUT2D eigenvalue weighted by Gasteiger charge is -2.30. The van der Waals surface area contributed by atoms with Gasteiger partial charge in [0.15, 0.2) is 0 Å². The summed E-state index contributed by atoms with van der Waals surface area (Å²) >= 11 is 0. The maximum absolute atomic E-state index is 14.7. The van der Waals surface area contributed by atoms with Gasteiger partial charge in [0, 0.05) is 58.4 Å². The van der Waals surface area contributed by atoms with Crippen LogP contribution in [0.5, 0.6) is 0 Å². The van der Waals surface area contributed by atoms with Gasteiger partial charge in [-0.15, -0.1) is 0 Å². The van der Waals surface area contributed by atoms with Gasteiger partial charge in [0.1, 0.15) is 11.4 Å². The van der Waals surface area contributed by atoms with Crippen molar-refractivity contribution in [3.63, 3.8) is 0 Å². The number of hydrogen-bond donors (Lipinski definition) is 1. The molecule has 1 N–H and O–H groups in total. The Morgan fingerprint density at radius 1 is 1.28 bits per heavy atom. The van der Waals surface area contributed by atoms with E-state index < -0.39 is 11.2 Å². The summed E-state index contributed by atoms with van der Waals surface area (Å²) in [5, 5.41) is 3.48. The van der Waals surface area contributed by atoms with Crippen molar-refractivity contribution in [2.24, 2.45) is 0 Å². The van der Waals surface area contributed by atoms with Crippen molar-refractivity contribution in [3.8, 4) is 0 Å². The smallest absolute Gasteiger partial charge is 0.258 e. The number of carbonyl (C=O) groups is 1. The van der Waals surface area contributed by atoms with Crippen LogP contribution in [-0.2, 0) is 6.54 Å². The fraction of sp³-hybridized carbons (Fsp3) is 0.444. The van der Waals surface area contributed by atoms with E-state index in [0.717, 1.165) is 26.2 Å². The van der Waals surface area contributed by atoms with Gasteiger partial charge in [-0.25, -0.2) is 4.39 Å². The molecule has 1 fully saturated rings. The number of nitrogens with zero attached hydrogens (tertiary/aromatic N) is 3. The summed E-state index contributed by atoms with van der Waals surface area (Å²) in [5.41, 5.74) is 0.790.